The Bertz CT molecular complexity index is 695. The number of aromatic nitrogens is 2. The number of sulfone groups is 1. The standard InChI is InChI=1S/C15H19N3O2S/c19-21(20)9-7-13(12-21)10-16-11-14-6-8-18(17-14)15-4-2-1-3-5-15/h1-6,8,13,16H,7,9-12H2. The van der Waals surface area contributed by atoms with Crippen LogP contribution in [-0.4, -0.2) is 36.2 Å². The van der Waals surface area contributed by atoms with E-state index < -0.39 is 9.84 Å². The number of nitrogens with zero attached hydrogens (tertiary/aromatic N) is 2. The molecule has 2 heterocycles. The first kappa shape index (κ1) is 14.3. The molecule has 1 unspecified atom stereocenters. The number of para-hydroxylation sites is 1. The summed E-state index contributed by atoms with van der Waals surface area (Å²) in [6, 6.07) is 11.9. The minimum atomic E-state index is -2.78. The Hall–Kier alpha value is -1.66. The van der Waals surface area contributed by atoms with Gasteiger partial charge in [0.25, 0.3) is 0 Å². The third-order valence-electron chi connectivity index (χ3n) is 3.73. The van der Waals surface area contributed by atoms with Crippen LogP contribution in [0.1, 0.15) is 12.1 Å². The molecule has 0 spiro atoms. The van der Waals surface area contributed by atoms with Crippen LogP contribution in [-0.2, 0) is 16.4 Å². The van der Waals surface area contributed by atoms with Crippen molar-refractivity contribution in [1.29, 1.82) is 0 Å². The third kappa shape index (κ3) is 3.71. The maximum absolute atomic E-state index is 11.4. The van der Waals surface area contributed by atoms with Gasteiger partial charge < -0.3 is 5.32 Å². The molecule has 112 valence electrons. The van der Waals surface area contributed by atoms with E-state index in [9.17, 15) is 8.42 Å². The molecule has 2 aromatic rings. The Balaban J connectivity index is 1.52. The Kier molecular flexibility index (Phi) is 4.07. The van der Waals surface area contributed by atoms with E-state index in [1.165, 1.54) is 0 Å². The SMILES string of the molecule is O=S1(=O)CCC(CNCc2ccn(-c3ccccc3)n2)C1. The van der Waals surface area contributed by atoms with Gasteiger partial charge in [-0.3, -0.25) is 0 Å². The maximum atomic E-state index is 11.4. The zero-order valence-electron chi connectivity index (χ0n) is 11.8. The summed E-state index contributed by atoms with van der Waals surface area (Å²) in [5.41, 5.74) is 1.99. The van der Waals surface area contributed by atoms with Crippen molar-refractivity contribution in [3.8, 4) is 5.69 Å². The quantitative estimate of drug-likeness (QED) is 0.907. The topological polar surface area (TPSA) is 64.0 Å². The molecular weight excluding hydrogens is 286 g/mol. The molecule has 0 radical (unpaired) electrons. The van der Waals surface area contributed by atoms with Crippen molar-refractivity contribution >= 4 is 9.84 Å². The predicted octanol–water partition coefficient (Wildman–Crippen LogP) is 1.40. The molecule has 21 heavy (non-hydrogen) atoms. The normalized spacial score (nSPS) is 20.7. The van der Waals surface area contributed by atoms with E-state index in [0.717, 1.165) is 24.3 Å². The van der Waals surface area contributed by atoms with Crippen LogP contribution in [0.3, 0.4) is 0 Å². The molecule has 0 saturated carbocycles. The van der Waals surface area contributed by atoms with Gasteiger partial charge in [-0.05, 0) is 37.1 Å². The summed E-state index contributed by atoms with van der Waals surface area (Å²) in [7, 11) is -2.78. The summed E-state index contributed by atoms with van der Waals surface area (Å²) < 4.78 is 24.6. The van der Waals surface area contributed by atoms with Crippen LogP contribution in [0.4, 0.5) is 0 Å². The summed E-state index contributed by atoms with van der Waals surface area (Å²) in [4.78, 5) is 0. The Morgan fingerprint density at radius 1 is 1.24 bits per heavy atom. The van der Waals surface area contributed by atoms with E-state index in [-0.39, 0.29) is 5.92 Å². The van der Waals surface area contributed by atoms with Crippen molar-refractivity contribution in [3.63, 3.8) is 0 Å². The molecule has 1 aliphatic heterocycles. The van der Waals surface area contributed by atoms with Crippen LogP contribution in [0.2, 0.25) is 0 Å². The fourth-order valence-electron chi connectivity index (χ4n) is 2.62. The largest absolute Gasteiger partial charge is 0.311 e. The van der Waals surface area contributed by atoms with Gasteiger partial charge in [0.15, 0.2) is 9.84 Å². The van der Waals surface area contributed by atoms with Gasteiger partial charge in [-0.1, -0.05) is 18.2 Å². The second-order valence-electron chi connectivity index (χ2n) is 5.49. The summed E-state index contributed by atoms with van der Waals surface area (Å²) in [6.45, 7) is 1.40. The number of nitrogens with one attached hydrogen (secondary N) is 1. The van der Waals surface area contributed by atoms with Crippen molar-refractivity contribution in [2.45, 2.75) is 13.0 Å². The highest BCUT2D eigenvalue weighted by molar-refractivity contribution is 7.91. The molecular formula is C15H19N3O2S. The van der Waals surface area contributed by atoms with Crippen molar-refractivity contribution in [3.05, 3.63) is 48.3 Å². The van der Waals surface area contributed by atoms with Crippen LogP contribution < -0.4 is 5.32 Å². The van der Waals surface area contributed by atoms with Gasteiger partial charge in [0.05, 0.1) is 22.9 Å². The van der Waals surface area contributed by atoms with Crippen molar-refractivity contribution in [2.75, 3.05) is 18.1 Å². The maximum Gasteiger partial charge on any atom is 0.150 e. The second-order valence-corrected chi connectivity index (χ2v) is 7.72. The summed E-state index contributed by atoms with van der Waals surface area (Å²) in [6.07, 6.45) is 2.71. The zero-order chi connectivity index (χ0) is 14.7. The Labute approximate surface area is 124 Å². The van der Waals surface area contributed by atoms with E-state index in [4.69, 9.17) is 0 Å². The highest BCUT2D eigenvalue weighted by atomic mass is 32.2. The van der Waals surface area contributed by atoms with Crippen LogP contribution in [0.15, 0.2) is 42.6 Å². The average molecular weight is 305 g/mol. The van der Waals surface area contributed by atoms with E-state index >= 15 is 0 Å². The smallest absolute Gasteiger partial charge is 0.150 e. The zero-order valence-corrected chi connectivity index (χ0v) is 12.6. The van der Waals surface area contributed by atoms with Crippen LogP contribution >= 0.6 is 0 Å². The highest BCUT2D eigenvalue weighted by Crippen LogP contribution is 2.17. The minimum absolute atomic E-state index is 0.242. The Morgan fingerprint density at radius 3 is 2.76 bits per heavy atom. The molecule has 1 fully saturated rings. The lowest BCUT2D eigenvalue weighted by molar-refractivity contribution is 0.517. The first-order valence-electron chi connectivity index (χ1n) is 7.13. The van der Waals surface area contributed by atoms with E-state index in [1.807, 2.05) is 47.3 Å². The summed E-state index contributed by atoms with van der Waals surface area (Å²) >= 11 is 0. The van der Waals surface area contributed by atoms with Crippen molar-refractivity contribution < 1.29 is 8.42 Å². The number of hydrogen-bond donors (Lipinski definition) is 1. The van der Waals surface area contributed by atoms with Gasteiger partial charge >= 0.3 is 0 Å². The minimum Gasteiger partial charge on any atom is -0.311 e. The van der Waals surface area contributed by atoms with Gasteiger partial charge in [0, 0.05) is 12.7 Å². The van der Waals surface area contributed by atoms with Gasteiger partial charge in [-0.15, -0.1) is 0 Å². The van der Waals surface area contributed by atoms with Crippen LogP contribution in [0, 0.1) is 5.92 Å². The number of benzene rings is 1. The molecule has 5 nitrogen and oxygen atoms in total. The van der Waals surface area contributed by atoms with Gasteiger partial charge in [-0.25, -0.2) is 13.1 Å². The molecule has 0 bridgehead atoms. The molecule has 3 rings (SSSR count). The molecule has 1 atom stereocenters. The first-order chi connectivity index (χ1) is 10.1. The molecule has 0 aliphatic carbocycles. The predicted molar refractivity (Wildman–Crippen MR) is 82.0 cm³/mol. The first-order valence-corrected chi connectivity index (χ1v) is 8.96. The van der Waals surface area contributed by atoms with E-state index in [1.54, 1.807) is 0 Å². The van der Waals surface area contributed by atoms with Crippen molar-refractivity contribution in [1.82, 2.24) is 15.1 Å². The average Bonchev–Trinajstić information content (AvgIpc) is 3.07. The summed E-state index contributed by atoms with van der Waals surface area (Å²) in [5.74, 6) is 0.895. The van der Waals surface area contributed by atoms with Gasteiger partial charge in [0.1, 0.15) is 0 Å². The lowest BCUT2D eigenvalue weighted by Crippen LogP contribution is -2.23. The molecule has 0 amide bonds. The van der Waals surface area contributed by atoms with Gasteiger partial charge in [-0.2, -0.15) is 5.10 Å². The molecule has 6 heteroatoms. The fraction of sp³-hybridized carbons (Fsp3) is 0.400. The van der Waals surface area contributed by atoms with Crippen LogP contribution in [0.5, 0.6) is 0 Å². The van der Waals surface area contributed by atoms with Gasteiger partial charge in [0.2, 0.25) is 0 Å². The third-order valence-corrected chi connectivity index (χ3v) is 5.57. The summed E-state index contributed by atoms with van der Waals surface area (Å²) in [5, 5.41) is 7.82. The lowest BCUT2D eigenvalue weighted by Gasteiger charge is -2.08. The lowest BCUT2D eigenvalue weighted by atomic mass is 10.1. The molecule has 1 aliphatic rings. The molecule has 1 saturated heterocycles. The number of hydrogen-bond acceptors (Lipinski definition) is 4. The molecule has 1 N–H and O–H groups in total. The van der Waals surface area contributed by atoms with Crippen LogP contribution in [0.25, 0.3) is 5.69 Å². The monoisotopic (exact) mass is 305 g/mol. The molecule has 1 aromatic carbocycles. The molecule has 1 aromatic heterocycles. The highest BCUT2D eigenvalue weighted by Gasteiger charge is 2.27. The fourth-order valence-corrected chi connectivity index (χ4v) is 4.48. The Morgan fingerprint density at radius 2 is 2.05 bits per heavy atom. The number of rotatable bonds is 5. The van der Waals surface area contributed by atoms with E-state index in [2.05, 4.69) is 10.4 Å². The van der Waals surface area contributed by atoms with Crippen molar-refractivity contribution in [2.24, 2.45) is 5.92 Å². The second kappa shape index (κ2) is 5.99. The van der Waals surface area contributed by atoms with E-state index in [0.29, 0.717) is 18.1 Å².